The van der Waals surface area contributed by atoms with E-state index >= 15 is 0 Å². The summed E-state index contributed by atoms with van der Waals surface area (Å²) in [4.78, 5) is 12.9. The summed E-state index contributed by atoms with van der Waals surface area (Å²) in [5.74, 6) is 1.12. The molecule has 0 N–H and O–H groups in total. The van der Waals surface area contributed by atoms with Crippen LogP contribution in [0.2, 0.25) is 5.02 Å². The van der Waals surface area contributed by atoms with E-state index in [1.807, 2.05) is 13.8 Å². The van der Waals surface area contributed by atoms with E-state index in [1.54, 1.807) is 30.0 Å². The first-order chi connectivity index (χ1) is 11.0. The summed E-state index contributed by atoms with van der Waals surface area (Å²) in [6, 6.07) is 5.10. The summed E-state index contributed by atoms with van der Waals surface area (Å²) in [5, 5.41) is 3.11. The minimum absolute atomic E-state index is 0.0760. The zero-order valence-electron chi connectivity index (χ0n) is 12.7. The fourth-order valence-electron chi connectivity index (χ4n) is 3.09. The SMILES string of the molecule is CC(C)=C[C@@H]1Oc2c(oc3ccc(Cl)cc3c2=O)[C@@H]2SC=C[C@H]12. The van der Waals surface area contributed by atoms with Crippen LogP contribution in [0.15, 0.2) is 50.5 Å². The molecular weight excluding hydrogens is 332 g/mol. The molecule has 0 saturated heterocycles. The Morgan fingerprint density at radius 3 is 2.96 bits per heavy atom. The minimum Gasteiger partial charge on any atom is -0.478 e. The smallest absolute Gasteiger partial charge is 0.234 e. The zero-order valence-corrected chi connectivity index (χ0v) is 14.3. The van der Waals surface area contributed by atoms with Gasteiger partial charge in [0.1, 0.15) is 11.7 Å². The molecule has 4 rings (SSSR count). The highest BCUT2D eigenvalue weighted by molar-refractivity contribution is 8.02. The van der Waals surface area contributed by atoms with Crippen LogP contribution in [0.25, 0.3) is 11.0 Å². The highest BCUT2D eigenvalue weighted by Gasteiger charge is 2.42. The summed E-state index contributed by atoms with van der Waals surface area (Å²) < 4.78 is 12.1. The topological polar surface area (TPSA) is 39.4 Å². The maximum Gasteiger partial charge on any atom is 0.234 e. The van der Waals surface area contributed by atoms with Crippen molar-refractivity contribution in [2.24, 2.45) is 5.92 Å². The van der Waals surface area contributed by atoms with E-state index in [2.05, 4.69) is 17.6 Å². The van der Waals surface area contributed by atoms with Crippen LogP contribution in [0.3, 0.4) is 0 Å². The summed E-state index contributed by atoms with van der Waals surface area (Å²) in [7, 11) is 0. The molecule has 23 heavy (non-hydrogen) atoms. The van der Waals surface area contributed by atoms with E-state index in [9.17, 15) is 4.79 Å². The Labute approximate surface area is 143 Å². The number of hydrogen-bond acceptors (Lipinski definition) is 4. The van der Waals surface area contributed by atoms with Gasteiger partial charge in [-0.15, -0.1) is 11.8 Å². The molecule has 5 heteroatoms. The van der Waals surface area contributed by atoms with Gasteiger partial charge in [0, 0.05) is 10.9 Å². The van der Waals surface area contributed by atoms with Crippen LogP contribution < -0.4 is 10.2 Å². The van der Waals surface area contributed by atoms with Crippen molar-refractivity contribution < 1.29 is 9.15 Å². The summed E-state index contributed by atoms with van der Waals surface area (Å²) in [6.07, 6.45) is 4.05. The average Bonchev–Trinajstić information content (AvgIpc) is 2.99. The van der Waals surface area contributed by atoms with Gasteiger partial charge < -0.3 is 9.15 Å². The van der Waals surface area contributed by atoms with E-state index in [1.165, 1.54) is 0 Å². The van der Waals surface area contributed by atoms with E-state index in [0.29, 0.717) is 27.5 Å². The third-order valence-electron chi connectivity index (χ3n) is 4.10. The third-order valence-corrected chi connectivity index (χ3v) is 5.47. The number of fused-ring (bicyclic) bond motifs is 4. The molecule has 0 saturated carbocycles. The van der Waals surface area contributed by atoms with Crippen molar-refractivity contribution in [2.45, 2.75) is 25.2 Å². The normalized spacial score (nSPS) is 24.9. The van der Waals surface area contributed by atoms with Crippen LogP contribution >= 0.6 is 23.4 Å². The monoisotopic (exact) mass is 346 g/mol. The molecule has 1 aromatic carbocycles. The fourth-order valence-corrected chi connectivity index (χ4v) is 4.40. The number of thioether (sulfide) groups is 1. The Hall–Kier alpha value is -1.65. The quantitative estimate of drug-likeness (QED) is 0.674. The molecule has 0 amide bonds. The summed E-state index contributed by atoms with van der Waals surface area (Å²) >= 11 is 7.69. The molecule has 0 unspecified atom stereocenters. The zero-order chi connectivity index (χ0) is 16.1. The van der Waals surface area contributed by atoms with Gasteiger partial charge in [-0.05, 0) is 43.5 Å². The van der Waals surface area contributed by atoms with Crippen molar-refractivity contribution in [3.05, 3.63) is 62.3 Å². The van der Waals surface area contributed by atoms with Crippen LogP contribution in [0, 0.1) is 5.92 Å². The Balaban J connectivity index is 1.95. The second-order valence-corrected chi connectivity index (χ2v) is 7.54. The van der Waals surface area contributed by atoms with Crippen molar-refractivity contribution >= 4 is 34.3 Å². The minimum atomic E-state index is -0.151. The van der Waals surface area contributed by atoms with Gasteiger partial charge in [-0.3, -0.25) is 4.79 Å². The number of ether oxygens (including phenoxy) is 1. The van der Waals surface area contributed by atoms with Gasteiger partial charge in [0.05, 0.1) is 10.6 Å². The van der Waals surface area contributed by atoms with Crippen LogP contribution in [0.4, 0.5) is 0 Å². The lowest BCUT2D eigenvalue weighted by Gasteiger charge is -2.32. The first-order valence-electron chi connectivity index (χ1n) is 7.44. The van der Waals surface area contributed by atoms with Gasteiger partial charge in [-0.25, -0.2) is 0 Å². The van der Waals surface area contributed by atoms with Crippen LogP contribution in [0.1, 0.15) is 24.9 Å². The molecule has 0 aliphatic carbocycles. The van der Waals surface area contributed by atoms with Crippen molar-refractivity contribution in [3.63, 3.8) is 0 Å². The molecular formula is C18H15ClO3S. The van der Waals surface area contributed by atoms with Crippen molar-refractivity contribution in [1.82, 2.24) is 0 Å². The Kier molecular flexibility index (Phi) is 3.54. The lowest BCUT2D eigenvalue weighted by atomic mass is 9.92. The van der Waals surface area contributed by atoms with Crippen LogP contribution in [-0.2, 0) is 0 Å². The second kappa shape index (κ2) is 5.46. The van der Waals surface area contributed by atoms with Gasteiger partial charge in [-0.1, -0.05) is 23.3 Å². The molecule has 2 aromatic rings. The molecule has 0 bridgehead atoms. The fraction of sp³-hybridized carbons (Fsp3) is 0.278. The molecule has 1 aromatic heterocycles. The Bertz CT molecular complexity index is 908. The average molecular weight is 347 g/mol. The summed E-state index contributed by atoms with van der Waals surface area (Å²) in [6.45, 7) is 4.06. The molecule has 2 aliphatic heterocycles. The van der Waals surface area contributed by atoms with Crippen molar-refractivity contribution in [1.29, 1.82) is 0 Å². The molecule has 118 valence electrons. The molecule has 2 aliphatic rings. The van der Waals surface area contributed by atoms with Gasteiger partial charge in [0.25, 0.3) is 0 Å². The molecule has 3 nitrogen and oxygen atoms in total. The predicted octanol–water partition coefficient (Wildman–Crippen LogP) is 5.09. The largest absolute Gasteiger partial charge is 0.478 e. The van der Waals surface area contributed by atoms with E-state index < -0.39 is 0 Å². The Morgan fingerprint density at radius 1 is 1.35 bits per heavy atom. The predicted molar refractivity (Wildman–Crippen MR) is 94.3 cm³/mol. The van der Waals surface area contributed by atoms with Crippen molar-refractivity contribution in [3.8, 4) is 5.75 Å². The number of allylic oxidation sites excluding steroid dienone is 1. The summed E-state index contributed by atoms with van der Waals surface area (Å²) in [5.41, 5.74) is 1.56. The van der Waals surface area contributed by atoms with Crippen LogP contribution in [-0.4, -0.2) is 6.10 Å². The van der Waals surface area contributed by atoms with Gasteiger partial charge >= 0.3 is 0 Å². The molecule has 3 heterocycles. The molecule has 0 fully saturated rings. The van der Waals surface area contributed by atoms with Gasteiger partial charge in [0.15, 0.2) is 5.76 Å². The lowest BCUT2D eigenvalue weighted by Crippen LogP contribution is -2.34. The first-order valence-corrected chi connectivity index (χ1v) is 8.77. The first kappa shape index (κ1) is 14.9. The van der Waals surface area contributed by atoms with E-state index in [4.69, 9.17) is 20.8 Å². The van der Waals surface area contributed by atoms with Crippen molar-refractivity contribution in [2.75, 3.05) is 0 Å². The molecule has 3 atom stereocenters. The molecule has 0 spiro atoms. The van der Waals surface area contributed by atoms with E-state index in [0.717, 1.165) is 5.57 Å². The van der Waals surface area contributed by atoms with Gasteiger partial charge in [-0.2, -0.15) is 0 Å². The van der Waals surface area contributed by atoms with Crippen LogP contribution in [0.5, 0.6) is 5.75 Å². The third kappa shape index (κ3) is 2.41. The number of benzene rings is 1. The lowest BCUT2D eigenvalue weighted by molar-refractivity contribution is 0.161. The van der Waals surface area contributed by atoms with Gasteiger partial charge in [0.2, 0.25) is 11.2 Å². The molecule has 0 radical (unpaired) electrons. The standard InChI is InChI=1S/C18H15ClO3S/c1-9(2)7-14-11-5-6-23-18(11)17-16(22-14)15(20)12-8-10(19)3-4-13(12)21-17/h3-8,11,14,18H,1-2H3/t11-,14+,18-/m1/s1. The Morgan fingerprint density at radius 2 is 2.17 bits per heavy atom. The number of hydrogen-bond donors (Lipinski definition) is 0. The maximum atomic E-state index is 12.9. The number of halogens is 1. The highest BCUT2D eigenvalue weighted by Crippen LogP contribution is 2.51. The second-order valence-electron chi connectivity index (χ2n) is 6.05. The van der Waals surface area contributed by atoms with E-state index in [-0.39, 0.29) is 22.7 Å². The number of rotatable bonds is 1. The highest BCUT2D eigenvalue weighted by atomic mass is 35.5. The maximum absolute atomic E-state index is 12.9.